The second-order valence-corrected chi connectivity index (χ2v) is 5.46. The van der Waals surface area contributed by atoms with Gasteiger partial charge in [0.05, 0.1) is 25.5 Å². The Balaban J connectivity index is 2.38. The molecule has 17 heavy (non-hydrogen) atoms. The molecule has 0 bridgehead atoms. The average molecular weight is 241 g/mol. The molecule has 0 saturated heterocycles. The molecule has 1 rings (SSSR count). The van der Waals surface area contributed by atoms with Crippen LogP contribution >= 0.6 is 0 Å². The van der Waals surface area contributed by atoms with Crippen molar-refractivity contribution in [1.82, 2.24) is 5.32 Å². The van der Waals surface area contributed by atoms with E-state index in [4.69, 9.17) is 4.42 Å². The van der Waals surface area contributed by atoms with Crippen molar-refractivity contribution in [2.45, 2.75) is 45.9 Å². The number of nitrogens with one attached hydrogen (secondary N) is 1. The maximum Gasteiger partial charge on any atom is 0.117 e. The Labute approximate surface area is 103 Å². The molecule has 3 N–H and O–H groups in total. The summed E-state index contributed by atoms with van der Waals surface area (Å²) < 4.78 is 5.19. The summed E-state index contributed by atoms with van der Waals surface area (Å²) in [7, 11) is 0. The molecule has 98 valence electrons. The van der Waals surface area contributed by atoms with Gasteiger partial charge in [-0.1, -0.05) is 20.8 Å². The van der Waals surface area contributed by atoms with Crippen LogP contribution < -0.4 is 5.32 Å². The highest BCUT2D eigenvalue weighted by Crippen LogP contribution is 2.22. The van der Waals surface area contributed by atoms with Crippen LogP contribution in [-0.4, -0.2) is 29.0 Å². The van der Waals surface area contributed by atoms with Gasteiger partial charge in [0, 0.05) is 6.04 Å². The highest BCUT2D eigenvalue weighted by molar-refractivity contribution is 4.97. The molecule has 1 heterocycles. The standard InChI is InChI=1S/C13H23NO3/c1-13(2,3)12(16)7-10(9-15)14-8-11-5-4-6-17-11/h4-6,10,12,14-16H,7-9H2,1-3H3/t10-,12+/m0/s1. The van der Waals surface area contributed by atoms with Crippen molar-refractivity contribution < 1.29 is 14.6 Å². The maximum atomic E-state index is 9.97. The second kappa shape index (κ2) is 6.19. The van der Waals surface area contributed by atoms with Gasteiger partial charge in [-0.15, -0.1) is 0 Å². The molecule has 4 heteroatoms. The summed E-state index contributed by atoms with van der Waals surface area (Å²) in [6, 6.07) is 3.59. The van der Waals surface area contributed by atoms with Crippen LogP contribution in [0.15, 0.2) is 22.8 Å². The normalized spacial score (nSPS) is 15.8. The molecule has 2 atom stereocenters. The lowest BCUT2D eigenvalue weighted by atomic mass is 9.85. The van der Waals surface area contributed by atoms with E-state index in [2.05, 4.69) is 5.32 Å². The SMILES string of the molecule is CC(C)(C)[C@H](O)C[C@@H](CO)NCc1ccco1. The van der Waals surface area contributed by atoms with E-state index in [0.717, 1.165) is 5.76 Å². The van der Waals surface area contributed by atoms with Gasteiger partial charge in [-0.3, -0.25) is 0 Å². The molecule has 1 aromatic rings. The van der Waals surface area contributed by atoms with Gasteiger partial charge in [0.15, 0.2) is 0 Å². The quantitative estimate of drug-likeness (QED) is 0.706. The molecule has 0 unspecified atom stereocenters. The van der Waals surface area contributed by atoms with Crippen LogP contribution in [0, 0.1) is 5.41 Å². The lowest BCUT2D eigenvalue weighted by Crippen LogP contribution is -2.39. The minimum Gasteiger partial charge on any atom is -0.468 e. The van der Waals surface area contributed by atoms with Crippen molar-refractivity contribution in [1.29, 1.82) is 0 Å². The predicted octanol–water partition coefficient (Wildman–Crippen LogP) is 1.53. The Morgan fingerprint density at radius 1 is 1.41 bits per heavy atom. The van der Waals surface area contributed by atoms with Gasteiger partial charge in [-0.2, -0.15) is 0 Å². The Hall–Kier alpha value is -0.840. The summed E-state index contributed by atoms with van der Waals surface area (Å²) in [6.45, 7) is 6.53. The van der Waals surface area contributed by atoms with E-state index in [-0.39, 0.29) is 18.1 Å². The molecule has 0 aliphatic carbocycles. The summed E-state index contributed by atoms with van der Waals surface area (Å²) >= 11 is 0. The molecule has 1 aromatic heterocycles. The van der Waals surface area contributed by atoms with Gasteiger partial charge in [0.2, 0.25) is 0 Å². The predicted molar refractivity (Wildman–Crippen MR) is 66.5 cm³/mol. The Morgan fingerprint density at radius 3 is 2.59 bits per heavy atom. The number of hydrogen-bond acceptors (Lipinski definition) is 4. The zero-order chi connectivity index (χ0) is 12.9. The van der Waals surface area contributed by atoms with Gasteiger partial charge in [-0.25, -0.2) is 0 Å². The fraction of sp³-hybridized carbons (Fsp3) is 0.692. The number of aliphatic hydroxyl groups is 2. The highest BCUT2D eigenvalue weighted by atomic mass is 16.3. The van der Waals surface area contributed by atoms with E-state index in [0.29, 0.717) is 13.0 Å². The molecule has 0 spiro atoms. The zero-order valence-electron chi connectivity index (χ0n) is 10.8. The summed E-state index contributed by atoms with van der Waals surface area (Å²) in [5.41, 5.74) is -0.167. The average Bonchev–Trinajstić information content (AvgIpc) is 2.75. The van der Waals surface area contributed by atoms with Gasteiger partial charge < -0.3 is 19.9 Å². The largest absolute Gasteiger partial charge is 0.468 e. The van der Waals surface area contributed by atoms with Gasteiger partial charge in [0.25, 0.3) is 0 Å². The molecule has 0 aromatic carbocycles. The van der Waals surface area contributed by atoms with Crippen molar-refractivity contribution in [3.63, 3.8) is 0 Å². The lowest BCUT2D eigenvalue weighted by molar-refractivity contribution is 0.0387. The summed E-state index contributed by atoms with van der Waals surface area (Å²) in [5, 5.41) is 22.4. The van der Waals surface area contributed by atoms with Crippen molar-refractivity contribution in [2.75, 3.05) is 6.61 Å². The Morgan fingerprint density at radius 2 is 2.12 bits per heavy atom. The molecule has 0 fully saturated rings. The van der Waals surface area contributed by atoms with Crippen molar-refractivity contribution >= 4 is 0 Å². The van der Waals surface area contributed by atoms with Crippen molar-refractivity contribution in [3.05, 3.63) is 24.2 Å². The molecule has 0 aliphatic heterocycles. The number of aliphatic hydroxyl groups excluding tert-OH is 2. The van der Waals surface area contributed by atoms with E-state index in [1.165, 1.54) is 0 Å². The Kier molecular flexibility index (Phi) is 5.18. The number of rotatable bonds is 6. The summed E-state index contributed by atoms with van der Waals surface area (Å²) in [5.74, 6) is 0.827. The smallest absolute Gasteiger partial charge is 0.117 e. The molecule has 0 aliphatic rings. The first-order valence-electron chi connectivity index (χ1n) is 5.98. The lowest BCUT2D eigenvalue weighted by Gasteiger charge is -2.29. The number of hydrogen-bond donors (Lipinski definition) is 3. The van der Waals surface area contributed by atoms with Crippen LogP contribution in [0.3, 0.4) is 0 Å². The summed E-state index contributed by atoms with van der Waals surface area (Å²) in [6.07, 6.45) is 1.71. The fourth-order valence-corrected chi connectivity index (χ4v) is 1.50. The Bertz CT molecular complexity index is 303. The van der Waals surface area contributed by atoms with Crippen LogP contribution in [0.1, 0.15) is 33.0 Å². The number of furan rings is 1. The van der Waals surface area contributed by atoms with E-state index in [9.17, 15) is 10.2 Å². The second-order valence-electron chi connectivity index (χ2n) is 5.46. The summed E-state index contributed by atoms with van der Waals surface area (Å²) in [4.78, 5) is 0. The molecule has 0 saturated carbocycles. The molecular formula is C13H23NO3. The van der Waals surface area contributed by atoms with Crippen LogP contribution in [0.4, 0.5) is 0 Å². The topological polar surface area (TPSA) is 65.6 Å². The minimum atomic E-state index is -0.441. The van der Waals surface area contributed by atoms with E-state index in [1.54, 1.807) is 6.26 Å². The first-order valence-corrected chi connectivity index (χ1v) is 5.98. The van der Waals surface area contributed by atoms with E-state index < -0.39 is 6.10 Å². The van der Waals surface area contributed by atoms with Gasteiger partial charge in [-0.05, 0) is 24.0 Å². The van der Waals surface area contributed by atoms with Crippen molar-refractivity contribution in [2.24, 2.45) is 5.41 Å². The van der Waals surface area contributed by atoms with E-state index in [1.807, 2.05) is 32.9 Å². The van der Waals surface area contributed by atoms with E-state index >= 15 is 0 Å². The van der Waals surface area contributed by atoms with Crippen LogP contribution in [0.2, 0.25) is 0 Å². The fourth-order valence-electron chi connectivity index (χ4n) is 1.50. The third-order valence-corrected chi connectivity index (χ3v) is 2.87. The van der Waals surface area contributed by atoms with Gasteiger partial charge >= 0.3 is 0 Å². The molecule has 0 amide bonds. The third-order valence-electron chi connectivity index (χ3n) is 2.87. The monoisotopic (exact) mass is 241 g/mol. The first-order chi connectivity index (χ1) is 7.93. The molecule has 4 nitrogen and oxygen atoms in total. The highest BCUT2D eigenvalue weighted by Gasteiger charge is 2.25. The maximum absolute atomic E-state index is 9.97. The first kappa shape index (κ1) is 14.2. The molecule has 0 radical (unpaired) electrons. The van der Waals surface area contributed by atoms with Crippen LogP contribution in [0.5, 0.6) is 0 Å². The van der Waals surface area contributed by atoms with Crippen LogP contribution in [-0.2, 0) is 6.54 Å². The minimum absolute atomic E-state index is 0.00779. The molecular weight excluding hydrogens is 218 g/mol. The van der Waals surface area contributed by atoms with Crippen molar-refractivity contribution in [3.8, 4) is 0 Å². The van der Waals surface area contributed by atoms with Gasteiger partial charge in [0.1, 0.15) is 5.76 Å². The zero-order valence-corrected chi connectivity index (χ0v) is 10.8. The van der Waals surface area contributed by atoms with Crippen LogP contribution in [0.25, 0.3) is 0 Å². The third kappa shape index (κ3) is 4.89.